The molecule has 2 atom stereocenters. The molecule has 0 aliphatic heterocycles. The minimum atomic E-state index is -3.20. The van der Waals surface area contributed by atoms with Crippen LogP contribution in [-0.2, 0) is 10.0 Å². The molecule has 158 valence electrons. The number of hydrogen-bond acceptors (Lipinski definition) is 3. The van der Waals surface area contributed by atoms with Gasteiger partial charge in [0.15, 0.2) is 0 Å². The molecule has 0 radical (unpaired) electrons. The third kappa shape index (κ3) is 7.47. The van der Waals surface area contributed by atoms with Gasteiger partial charge in [0.05, 0.1) is 6.26 Å². The molecule has 0 aliphatic rings. The molecular weight excluding hydrogens is 344 g/mol. The van der Waals surface area contributed by atoms with Gasteiger partial charge in [0.2, 0.25) is 10.0 Å². The normalized spacial score (nSPS) is 16.5. The zero-order valence-electron chi connectivity index (χ0n) is 19.4. The fourth-order valence-electron chi connectivity index (χ4n) is 3.65. The fraction of sp³-hybridized carbons (Fsp3) is 1.00. The van der Waals surface area contributed by atoms with E-state index in [0.717, 1.165) is 25.7 Å². The molecule has 0 aromatic rings. The highest BCUT2D eigenvalue weighted by molar-refractivity contribution is 7.88. The van der Waals surface area contributed by atoms with Crippen LogP contribution in [0.15, 0.2) is 0 Å². The van der Waals surface area contributed by atoms with E-state index in [1.807, 2.05) is 13.8 Å². The van der Waals surface area contributed by atoms with Crippen molar-refractivity contribution in [1.29, 1.82) is 0 Å². The van der Waals surface area contributed by atoms with Crippen LogP contribution in [0, 0.1) is 11.3 Å². The number of nitrogens with zero attached hydrogens (tertiary/aromatic N) is 2. The second-order valence-electron chi connectivity index (χ2n) is 9.76. The van der Waals surface area contributed by atoms with Crippen LogP contribution >= 0.6 is 0 Å². The van der Waals surface area contributed by atoms with Crippen LogP contribution < -0.4 is 0 Å². The summed E-state index contributed by atoms with van der Waals surface area (Å²) in [6.45, 7) is 17.9. The standard InChI is InChI=1S/C21H46N2O2S/c1-12-14-19(16-21(7,8)23(10)26(11,24)25)22(9)18(13-2)15-20(5,6)17(3)4/h17-19H,12-16H2,1-11H3. The lowest BCUT2D eigenvalue weighted by Gasteiger charge is -2.44. The molecule has 5 heteroatoms. The highest BCUT2D eigenvalue weighted by Gasteiger charge is 2.36. The number of rotatable bonds is 12. The Morgan fingerprint density at radius 3 is 1.77 bits per heavy atom. The summed E-state index contributed by atoms with van der Waals surface area (Å²) in [5.41, 5.74) is -0.0989. The van der Waals surface area contributed by atoms with Crippen LogP contribution in [0.2, 0.25) is 0 Å². The molecule has 0 N–H and O–H groups in total. The highest BCUT2D eigenvalue weighted by Crippen LogP contribution is 2.35. The van der Waals surface area contributed by atoms with Crippen molar-refractivity contribution in [2.45, 2.75) is 105 Å². The molecule has 0 fully saturated rings. The Morgan fingerprint density at radius 2 is 1.42 bits per heavy atom. The molecule has 0 aromatic carbocycles. The monoisotopic (exact) mass is 390 g/mol. The molecular formula is C21H46N2O2S. The molecule has 26 heavy (non-hydrogen) atoms. The lowest BCUT2D eigenvalue weighted by atomic mass is 9.75. The molecule has 0 spiro atoms. The summed E-state index contributed by atoms with van der Waals surface area (Å²) in [4.78, 5) is 2.53. The van der Waals surface area contributed by atoms with E-state index < -0.39 is 15.6 Å². The van der Waals surface area contributed by atoms with Crippen LogP contribution in [-0.4, -0.2) is 55.6 Å². The second-order valence-corrected chi connectivity index (χ2v) is 11.8. The van der Waals surface area contributed by atoms with E-state index >= 15 is 0 Å². The van der Waals surface area contributed by atoms with Gasteiger partial charge in [-0.2, -0.15) is 4.31 Å². The Morgan fingerprint density at radius 1 is 0.923 bits per heavy atom. The summed E-state index contributed by atoms with van der Waals surface area (Å²) in [7, 11) is 0.746. The smallest absolute Gasteiger partial charge is 0.211 e. The Bertz CT molecular complexity index is 512. The Hall–Kier alpha value is -0.130. The van der Waals surface area contributed by atoms with Crippen LogP contribution in [0.4, 0.5) is 0 Å². The van der Waals surface area contributed by atoms with E-state index in [4.69, 9.17) is 0 Å². The SMILES string of the molecule is CCCC(CC(C)(C)N(C)S(C)(=O)=O)N(C)C(CC)CC(C)(C)C(C)C. The average molecular weight is 391 g/mol. The largest absolute Gasteiger partial charge is 0.300 e. The van der Waals surface area contributed by atoms with E-state index in [1.165, 1.54) is 17.0 Å². The second kappa shape index (κ2) is 9.88. The van der Waals surface area contributed by atoms with Crippen LogP contribution in [0.1, 0.15) is 87.5 Å². The summed E-state index contributed by atoms with van der Waals surface area (Å²) in [5, 5.41) is 0. The first-order chi connectivity index (χ1) is 11.6. The Balaban J connectivity index is 5.45. The molecule has 0 saturated carbocycles. The quantitative estimate of drug-likeness (QED) is 0.471. The van der Waals surface area contributed by atoms with Gasteiger partial charge >= 0.3 is 0 Å². The van der Waals surface area contributed by atoms with Crippen molar-refractivity contribution in [3.63, 3.8) is 0 Å². The van der Waals surface area contributed by atoms with Gasteiger partial charge in [0, 0.05) is 24.7 Å². The van der Waals surface area contributed by atoms with E-state index in [-0.39, 0.29) is 0 Å². The summed E-state index contributed by atoms with van der Waals surface area (Å²) < 4.78 is 25.6. The maximum Gasteiger partial charge on any atom is 0.211 e. The number of sulfonamides is 1. The summed E-state index contributed by atoms with van der Waals surface area (Å²) in [5.74, 6) is 0.641. The van der Waals surface area contributed by atoms with Crippen molar-refractivity contribution < 1.29 is 8.42 Å². The summed E-state index contributed by atoms with van der Waals surface area (Å²) in [6.07, 6.45) is 6.63. The first kappa shape index (κ1) is 25.9. The molecule has 0 saturated heterocycles. The molecule has 4 nitrogen and oxygen atoms in total. The average Bonchev–Trinajstić information content (AvgIpc) is 2.49. The van der Waals surface area contributed by atoms with Crippen molar-refractivity contribution in [3.05, 3.63) is 0 Å². The van der Waals surface area contributed by atoms with E-state index in [9.17, 15) is 8.42 Å². The lowest BCUT2D eigenvalue weighted by molar-refractivity contribution is 0.0707. The predicted octanol–water partition coefficient (Wildman–Crippen LogP) is 5.00. The first-order valence-electron chi connectivity index (χ1n) is 10.3. The zero-order valence-corrected chi connectivity index (χ0v) is 20.2. The van der Waals surface area contributed by atoms with Gasteiger partial charge in [-0.3, -0.25) is 0 Å². The van der Waals surface area contributed by atoms with Crippen LogP contribution in [0.25, 0.3) is 0 Å². The third-order valence-corrected chi connectivity index (χ3v) is 8.14. The van der Waals surface area contributed by atoms with Crippen molar-refractivity contribution in [2.75, 3.05) is 20.4 Å². The van der Waals surface area contributed by atoms with Crippen molar-refractivity contribution >= 4 is 10.0 Å². The maximum atomic E-state index is 12.1. The molecule has 2 unspecified atom stereocenters. The van der Waals surface area contributed by atoms with Gasteiger partial charge in [-0.15, -0.1) is 0 Å². The van der Waals surface area contributed by atoms with Crippen LogP contribution in [0.5, 0.6) is 0 Å². The Labute approximate surface area is 164 Å². The topological polar surface area (TPSA) is 40.6 Å². The molecule has 0 heterocycles. The van der Waals surface area contributed by atoms with Gasteiger partial charge < -0.3 is 4.90 Å². The minimum absolute atomic E-state index is 0.296. The van der Waals surface area contributed by atoms with Gasteiger partial charge in [-0.25, -0.2) is 8.42 Å². The van der Waals surface area contributed by atoms with Crippen molar-refractivity contribution in [1.82, 2.24) is 9.21 Å². The summed E-state index contributed by atoms with van der Waals surface area (Å²) >= 11 is 0. The number of hydrogen-bond donors (Lipinski definition) is 0. The van der Waals surface area contributed by atoms with Gasteiger partial charge in [-0.1, -0.05) is 48.0 Å². The van der Waals surface area contributed by atoms with Gasteiger partial charge in [0.1, 0.15) is 0 Å². The first-order valence-corrected chi connectivity index (χ1v) is 12.1. The highest BCUT2D eigenvalue weighted by atomic mass is 32.2. The Kier molecular flexibility index (Phi) is 9.83. The van der Waals surface area contributed by atoms with E-state index in [0.29, 0.717) is 23.4 Å². The molecule has 0 aliphatic carbocycles. The summed E-state index contributed by atoms with van der Waals surface area (Å²) in [6, 6.07) is 0.899. The van der Waals surface area contributed by atoms with Crippen molar-refractivity contribution in [2.24, 2.45) is 11.3 Å². The molecule has 0 aromatic heterocycles. The van der Waals surface area contributed by atoms with Crippen LogP contribution in [0.3, 0.4) is 0 Å². The third-order valence-electron chi connectivity index (χ3n) is 6.65. The fourth-order valence-corrected chi connectivity index (χ4v) is 4.63. The lowest BCUT2D eigenvalue weighted by Crippen LogP contribution is -2.51. The van der Waals surface area contributed by atoms with E-state index in [1.54, 1.807) is 7.05 Å². The molecule has 0 rings (SSSR count). The maximum absolute atomic E-state index is 12.1. The van der Waals surface area contributed by atoms with E-state index in [2.05, 4.69) is 53.5 Å². The zero-order chi connectivity index (χ0) is 20.9. The molecule has 0 bridgehead atoms. The van der Waals surface area contributed by atoms with Gasteiger partial charge in [-0.05, 0) is 57.9 Å². The predicted molar refractivity (Wildman–Crippen MR) is 115 cm³/mol. The van der Waals surface area contributed by atoms with Gasteiger partial charge in [0.25, 0.3) is 0 Å². The minimum Gasteiger partial charge on any atom is -0.300 e. The van der Waals surface area contributed by atoms with Crippen molar-refractivity contribution in [3.8, 4) is 0 Å². The molecule has 0 amide bonds.